The van der Waals surface area contributed by atoms with Crippen molar-refractivity contribution < 1.29 is 14.7 Å². The topological polar surface area (TPSA) is 81.7 Å². The lowest BCUT2D eigenvalue weighted by atomic mass is 10.1. The molecule has 2 amide bonds. The number of anilines is 2. The summed E-state index contributed by atoms with van der Waals surface area (Å²) in [5.74, 6) is -0.723. The minimum atomic E-state index is -0.988. The van der Waals surface area contributed by atoms with Gasteiger partial charge in [-0.25, -0.2) is 0 Å². The molecule has 3 aromatic carbocycles. The smallest absolute Gasteiger partial charge is 0.251 e. The average molecular weight is 460 g/mol. The third-order valence-electron chi connectivity index (χ3n) is 5.71. The molecule has 3 aromatic rings. The number of aliphatic hydroxyl groups excluding tert-OH is 1. The van der Waals surface area contributed by atoms with Gasteiger partial charge < -0.3 is 15.7 Å². The highest BCUT2D eigenvalue weighted by Crippen LogP contribution is 2.19. The van der Waals surface area contributed by atoms with Crippen LogP contribution in [0.3, 0.4) is 0 Å². The maximum atomic E-state index is 13.7. The van der Waals surface area contributed by atoms with Crippen molar-refractivity contribution in [1.29, 1.82) is 0 Å². The summed E-state index contributed by atoms with van der Waals surface area (Å²) in [6, 6.07) is 26.8. The Hall–Kier alpha value is -3.64. The molecule has 0 aromatic heterocycles. The van der Waals surface area contributed by atoms with Crippen molar-refractivity contribution in [3.8, 4) is 0 Å². The molecular formula is C28H33N3O3. The van der Waals surface area contributed by atoms with E-state index >= 15 is 0 Å². The lowest BCUT2D eigenvalue weighted by Gasteiger charge is -2.31. The Kier molecular flexibility index (Phi) is 9.23. The zero-order valence-electron chi connectivity index (χ0n) is 19.7. The van der Waals surface area contributed by atoms with Crippen molar-refractivity contribution in [2.24, 2.45) is 0 Å². The number of aliphatic hydroxyl groups is 1. The van der Waals surface area contributed by atoms with Gasteiger partial charge in [0.15, 0.2) is 0 Å². The maximum Gasteiger partial charge on any atom is 0.251 e. The van der Waals surface area contributed by atoms with Gasteiger partial charge in [0.1, 0.15) is 12.1 Å². The minimum Gasteiger partial charge on any atom is -0.387 e. The molecule has 0 saturated carbocycles. The quantitative estimate of drug-likeness (QED) is 0.382. The molecule has 0 fully saturated rings. The monoisotopic (exact) mass is 459 g/mol. The SMILES string of the molecule is CC[C@H](Nc1ccccc1)C(=O)N(C[C@H](O)c1ccccc1)C(=O)[C@H](CC)Nc1ccccc1. The largest absolute Gasteiger partial charge is 0.387 e. The van der Waals surface area contributed by atoms with Crippen LogP contribution in [0.15, 0.2) is 91.0 Å². The van der Waals surface area contributed by atoms with Crippen molar-refractivity contribution in [3.63, 3.8) is 0 Å². The third-order valence-corrected chi connectivity index (χ3v) is 5.71. The summed E-state index contributed by atoms with van der Waals surface area (Å²) < 4.78 is 0. The second-order valence-electron chi connectivity index (χ2n) is 8.16. The van der Waals surface area contributed by atoms with E-state index in [-0.39, 0.29) is 18.4 Å². The van der Waals surface area contributed by atoms with Gasteiger partial charge >= 0.3 is 0 Å². The molecule has 0 aliphatic heterocycles. The van der Waals surface area contributed by atoms with Crippen LogP contribution in [0.5, 0.6) is 0 Å². The van der Waals surface area contributed by atoms with Crippen LogP contribution in [0.4, 0.5) is 11.4 Å². The first-order valence-corrected chi connectivity index (χ1v) is 11.7. The summed E-state index contributed by atoms with van der Waals surface area (Å²) in [6.45, 7) is 3.67. The number of hydrogen-bond donors (Lipinski definition) is 3. The van der Waals surface area contributed by atoms with Crippen LogP contribution < -0.4 is 10.6 Å². The molecule has 6 nitrogen and oxygen atoms in total. The molecular weight excluding hydrogens is 426 g/mol. The summed E-state index contributed by atoms with van der Waals surface area (Å²) in [7, 11) is 0. The molecule has 178 valence electrons. The van der Waals surface area contributed by atoms with Crippen LogP contribution in [0, 0.1) is 0 Å². The summed E-state index contributed by atoms with van der Waals surface area (Å²) >= 11 is 0. The van der Waals surface area contributed by atoms with Gasteiger partial charge in [0.25, 0.3) is 11.8 Å². The Morgan fingerprint density at radius 2 is 1.09 bits per heavy atom. The number of imide groups is 1. The van der Waals surface area contributed by atoms with E-state index in [1.54, 1.807) is 12.1 Å². The Balaban J connectivity index is 1.86. The third kappa shape index (κ3) is 6.68. The molecule has 0 spiro atoms. The van der Waals surface area contributed by atoms with Crippen molar-refractivity contribution in [2.75, 3.05) is 17.2 Å². The van der Waals surface area contributed by atoms with E-state index in [1.807, 2.05) is 92.7 Å². The predicted octanol–water partition coefficient (Wildman–Crippen LogP) is 4.86. The highest BCUT2D eigenvalue weighted by Gasteiger charge is 2.33. The first-order valence-electron chi connectivity index (χ1n) is 11.7. The average Bonchev–Trinajstić information content (AvgIpc) is 2.89. The van der Waals surface area contributed by atoms with Crippen LogP contribution in [0.2, 0.25) is 0 Å². The van der Waals surface area contributed by atoms with Gasteiger partial charge in [-0.05, 0) is 42.7 Å². The zero-order valence-corrected chi connectivity index (χ0v) is 19.7. The standard InChI is InChI=1S/C28H33N3O3/c1-3-24(29-22-16-10-6-11-17-22)27(33)31(20-26(32)21-14-8-5-9-15-21)28(34)25(4-2)30-23-18-12-7-13-19-23/h5-19,24-26,29-30,32H,3-4,20H2,1-2H3/t24-,25-,26-/m0/s1. The molecule has 0 saturated heterocycles. The number of hydrogen-bond acceptors (Lipinski definition) is 5. The normalized spacial score (nSPS) is 13.4. The van der Waals surface area contributed by atoms with Gasteiger partial charge in [-0.1, -0.05) is 80.6 Å². The molecule has 34 heavy (non-hydrogen) atoms. The van der Waals surface area contributed by atoms with E-state index in [0.29, 0.717) is 18.4 Å². The lowest BCUT2D eigenvalue weighted by molar-refractivity contribution is -0.147. The fourth-order valence-corrected chi connectivity index (χ4v) is 3.77. The Labute approximate surface area is 201 Å². The molecule has 0 heterocycles. The van der Waals surface area contributed by atoms with E-state index in [4.69, 9.17) is 0 Å². The number of carbonyl (C=O) groups is 2. The molecule has 0 unspecified atom stereocenters. The molecule has 0 radical (unpaired) electrons. The van der Waals surface area contributed by atoms with Crippen LogP contribution in [-0.2, 0) is 9.59 Å². The van der Waals surface area contributed by atoms with Gasteiger partial charge in [-0.3, -0.25) is 14.5 Å². The van der Waals surface area contributed by atoms with E-state index in [9.17, 15) is 14.7 Å². The number of benzene rings is 3. The predicted molar refractivity (Wildman–Crippen MR) is 136 cm³/mol. The van der Waals surface area contributed by atoms with Gasteiger partial charge in [-0.15, -0.1) is 0 Å². The molecule has 0 aliphatic rings. The van der Waals surface area contributed by atoms with Crippen molar-refractivity contribution >= 4 is 23.2 Å². The van der Waals surface area contributed by atoms with Gasteiger partial charge in [0, 0.05) is 11.4 Å². The van der Waals surface area contributed by atoms with E-state index in [0.717, 1.165) is 11.4 Å². The second kappa shape index (κ2) is 12.6. The molecule has 6 heteroatoms. The highest BCUT2D eigenvalue weighted by molar-refractivity contribution is 6.02. The summed E-state index contributed by atoms with van der Waals surface area (Å²) in [5.41, 5.74) is 2.25. The van der Waals surface area contributed by atoms with Crippen molar-refractivity contribution in [3.05, 3.63) is 96.6 Å². The van der Waals surface area contributed by atoms with E-state index in [1.165, 1.54) is 4.90 Å². The molecule has 3 atom stereocenters. The Morgan fingerprint density at radius 3 is 1.47 bits per heavy atom. The second-order valence-corrected chi connectivity index (χ2v) is 8.16. The molecule has 3 rings (SSSR count). The maximum absolute atomic E-state index is 13.7. The number of nitrogens with zero attached hydrogens (tertiary/aromatic N) is 1. The molecule has 3 N–H and O–H groups in total. The summed E-state index contributed by atoms with van der Waals surface area (Å²) in [6.07, 6.45) is -0.0125. The van der Waals surface area contributed by atoms with Gasteiger partial charge in [0.2, 0.25) is 0 Å². The van der Waals surface area contributed by atoms with E-state index in [2.05, 4.69) is 10.6 Å². The lowest BCUT2D eigenvalue weighted by Crippen LogP contribution is -2.52. The van der Waals surface area contributed by atoms with Crippen LogP contribution in [-0.4, -0.2) is 40.4 Å². The number of nitrogens with one attached hydrogen (secondary N) is 2. The zero-order chi connectivity index (χ0) is 24.3. The summed E-state index contributed by atoms with van der Waals surface area (Å²) in [5, 5.41) is 17.4. The Bertz CT molecular complexity index is 967. The first kappa shape index (κ1) is 25.0. The Morgan fingerprint density at radius 1 is 0.706 bits per heavy atom. The molecule has 0 aliphatic carbocycles. The molecule has 0 bridgehead atoms. The fraction of sp³-hybridized carbons (Fsp3) is 0.286. The summed E-state index contributed by atoms with van der Waals surface area (Å²) in [4.78, 5) is 28.5. The van der Waals surface area contributed by atoms with Crippen molar-refractivity contribution in [1.82, 2.24) is 4.90 Å². The van der Waals surface area contributed by atoms with E-state index < -0.39 is 18.2 Å². The van der Waals surface area contributed by atoms with Gasteiger partial charge in [-0.2, -0.15) is 0 Å². The number of para-hydroxylation sites is 2. The van der Waals surface area contributed by atoms with Crippen molar-refractivity contribution in [2.45, 2.75) is 44.9 Å². The highest BCUT2D eigenvalue weighted by atomic mass is 16.3. The fourth-order valence-electron chi connectivity index (χ4n) is 3.77. The van der Waals surface area contributed by atoms with Crippen LogP contribution in [0.1, 0.15) is 38.4 Å². The minimum absolute atomic E-state index is 0.123. The number of rotatable bonds is 11. The van der Waals surface area contributed by atoms with Crippen LogP contribution >= 0.6 is 0 Å². The number of carbonyl (C=O) groups excluding carboxylic acids is 2. The van der Waals surface area contributed by atoms with Gasteiger partial charge in [0.05, 0.1) is 12.6 Å². The number of amides is 2. The van der Waals surface area contributed by atoms with Crippen LogP contribution in [0.25, 0.3) is 0 Å². The first-order chi connectivity index (χ1) is 16.5.